The second-order valence-electron chi connectivity index (χ2n) is 4.03. The van der Waals surface area contributed by atoms with Crippen LogP contribution < -0.4 is 4.90 Å². The molecule has 0 aliphatic carbocycles. The van der Waals surface area contributed by atoms with E-state index < -0.39 is 10.9 Å². The Balaban J connectivity index is 3.02. The molecule has 0 radical (unpaired) electrons. The van der Waals surface area contributed by atoms with Gasteiger partial charge in [0.05, 0.1) is 10.5 Å². The first-order chi connectivity index (χ1) is 8.97. The van der Waals surface area contributed by atoms with Crippen molar-refractivity contribution in [1.29, 1.82) is 0 Å². The average molecular weight is 268 g/mol. The van der Waals surface area contributed by atoms with Gasteiger partial charge in [-0.25, -0.2) is 4.79 Å². The van der Waals surface area contributed by atoms with E-state index in [1.54, 1.807) is 19.1 Å². The summed E-state index contributed by atoms with van der Waals surface area (Å²) in [6.07, 6.45) is 0.696. The molecule has 104 valence electrons. The topological polar surface area (TPSA) is 92.9 Å². The minimum atomic E-state index is -1.11. The summed E-state index contributed by atoms with van der Waals surface area (Å²) in [4.78, 5) is 23.0. The number of carboxylic acids is 1. The number of carboxylic acid groups (broad SMARTS) is 1. The second-order valence-corrected chi connectivity index (χ2v) is 4.03. The lowest BCUT2D eigenvalue weighted by atomic mass is 10.1. The largest absolute Gasteiger partial charge is 0.478 e. The number of benzene rings is 1. The van der Waals surface area contributed by atoms with Gasteiger partial charge in [-0.1, -0.05) is 0 Å². The SMILES string of the molecule is COCCCN(C)c1cc(C(=O)O)ccc1[N+](=O)[O-]. The summed E-state index contributed by atoms with van der Waals surface area (Å²) in [5, 5.41) is 19.9. The fourth-order valence-corrected chi connectivity index (χ4v) is 1.68. The third kappa shape index (κ3) is 3.92. The molecule has 7 heteroatoms. The normalized spacial score (nSPS) is 10.2. The first-order valence-corrected chi connectivity index (χ1v) is 5.69. The number of methoxy groups -OCH3 is 1. The lowest BCUT2D eigenvalue weighted by Crippen LogP contribution is -2.21. The molecule has 0 aliphatic rings. The second kappa shape index (κ2) is 6.69. The Labute approximate surface area is 110 Å². The Morgan fingerprint density at radius 1 is 1.53 bits per heavy atom. The summed E-state index contributed by atoms with van der Waals surface area (Å²) in [6.45, 7) is 1.08. The van der Waals surface area contributed by atoms with Crippen molar-refractivity contribution >= 4 is 17.3 Å². The van der Waals surface area contributed by atoms with Crippen LogP contribution in [-0.4, -0.2) is 43.3 Å². The summed E-state index contributed by atoms with van der Waals surface area (Å²) in [7, 11) is 3.26. The molecule has 0 bridgehead atoms. The van der Waals surface area contributed by atoms with Crippen molar-refractivity contribution in [3.8, 4) is 0 Å². The molecule has 0 saturated heterocycles. The van der Waals surface area contributed by atoms with Crippen molar-refractivity contribution in [1.82, 2.24) is 0 Å². The van der Waals surface area contributed by atoms with Crippen LogP contribution in [0.2, 0.25) is 0 Å². The van der Waals surface area contributed by atoms with Crippen LogP contribution in [0.4, 0.5) is 11.4 Å². The Morgan fingerprint density at radius 3 is 2.74 bits per heavy atom. The predicted octanol–water partition coefficient (Wildman–Crippen LogP) is 1.77. The maximum Gasteiger partial charge on any atom is 0.335 e. The number of nitrogens with zero attached hydrogens (tertiary/aromatic N) is 2. The zero-order chi connectivity index (χ0) is 14.4. The van der Waals surface area contributed by atoms with Gasteiger partial charge in [0.2, 0.25) is 0 Å². The molecular weight excluding hydrogens is 252 g/mol. The molecular formula is C12H16N2O5. The molecule has 0 spiro atoms. The van der Waals surface area contributed by atoms with E-state index in [1.165, 1.54) is 18.2 Å². The van der Waals surface area contributed by atoms with Crippen molar-refractivity contribution in [3.05, 3.63) is 33.9 Å². The molecule has 0 aliphatic heterocycles. The first kappa shape index (κ1) is 14.9. The summed E-state index contributed by atoms with van der Waals surface area (Å²) in [5.41, 5.74) is 0.213. The van der Waals surface area contributed by atoms with Crippen LogP contribution in [0.15, 0.2) is 18.2 Å². The standard InChI is InChI=1S/C12H16N2O5/c1-13(6-3-7-19-2)11-8-9(12(15)16)4-5-10(11)14(17)18/h4-5,8H,3,6-7H2,1-2H3,(H,15,16). The highest BCUT2D eigenvalue weighted by Crippen LogP contribution is 2.28. The molecule has 1 N–H and O–H groups in total. The zero-order valence-corrected chi connectivity index (χ0v) is 10.8. The smallest absolute Gasteiger partial charge is 0.335 e. The van der Waals surface area contributed by atoms with Crippen molar-refractivity contribution in [2.24, 2.45) is 0 Å². The van der Waals surface area contributed by atoms with Crippen molar-refractivity contribution < 1.29 is 19.6 Å². The van der Waals surface area contributed by atoms with Crippen LogP contribution in [0, 0.1) is 10.1 Å². The lowest BCUT2D eigenvalue weighted by Gasteiger charge is -2.19. The Hall–Kier alpha value is -2.15. The average Bonchev–Trinajstić information content (AvgIpc) is 2.37. The molecule has 1 aromatic carbocycles. The summed E-state index contributed by atoms with van der Waals surface area (Å²) < 4.78 is 4.91. The van der Waals surface area contributed by atoms with Gasteiger partial charge >= 0.3 is 5.97 Å². The minimum absolute atomic E-state index is 0.0270. The van der Waals surface area contributed by atoms with Crippen molar-refractivity contribution in [3.63, 3.8) is 0 Å². The van der Waals surface area contributed by atoms with Crippen LogP contribution in [0.25, 0.3) is 0 Å². The van der Waals surface area contributed by atoms with Crippen LogP contribution in [0.3, 0.4) is 0 Å². The quantitative estimate of drug-likeness (QED) is 0.460. The summed E-state index contributed by atoms with van der Waals surface area (Å²) >= 11 is 0. The third-order valence-corrected chi connectivity index (χ3v) is 2.67. The maximum absolute atomic E-state index is 10.9. The number of nitro benzene ring substituents is 1. The van der Waals surface area contributed by atoms with E-state index in [2.05, 4.69) is 0 Å². The lowest BCUT2D eigenvalue weighted by molar-refractivity contribution is -0.384. The third-order valence-electron chi connectivity index (χ3n) is 2.67. The number of hydrogen-bond acceptors (Lipinski definition) is 5. The van der Waals surface area contributed by atoms with E-state index in [1.807, 2.05) is 0 Å². The van der Waals surface area contributed by atoms with E-state index in [4.69, 9.17) is 9.84 Å². The molecule has 7 nitrogen and oxygen atoms in total. The summed E-state index contributed by atoms with van der Waals surface area (Å²) in [5.74, 6) is -1.11. The number of nitro groups is 1. The highest BCUT2D eigenvalue weighted by Gasteiger charge is 2.19. The molecule has 0 saturated carbocycles. The van der Waals surface area contributed by atoms with Gasteiger partial charge < -0.3 is 14.7 Å². The number of aromatic carboxylic acids is 1. The van der Waals surface area contributed by atoms with Crippen LogP contribution >= 0.6 is 0 Å². The number of anilines is 1. The molecule has 0 amide bonds. The molecule has 19 heavy (non-hydrogen) atoms. The van der Waals surface area contributed by atoms with E-state index in [-0.39, 0.29) is 11.3 Å². The number of ether oxygens (including phenoxy) is 1. The van der Waals surface area contributed by atoms with Crippen LogP contribution in [0.5, 0.6) is 0 Å². The number of rotatable bonds is 7. The van der Waals surface area contributed by atoms with E-state index in [0.717, 1.165) is 0 Å². The molecule has 0 fully saturated rings. The van der Waals surface area contributed by atoms with Crippen LogP contribution in [0.1, 0.15) is 16.8 Å². The first-order valence-electron chi connectivity index (χ1n) is 5.69. The van der Waals surface area contributed by atoms with Gasteiger partial charge in [-0.2, -0.15) is 0 Å². The van der Waals surface area contributed by atoms with Crippen molar-refractivity contribution in [2.75, 3.05) is 32.2 Å². The van der Waals surface area contributed by atoms with Crippen LogP contribution in [-0.2, 0) is 4.74 Å². The highest BCUT2D eigenvalue weighted by molar-refractivity contribution is 5.90. The maximum atomic E-state index is 10.9. The van der Waals surface area contributed by atoms with Gasteiger partial charge in [-0.05, 0) is 18.6 Å². The van der Waals surface area contributed by atoms with Gasteiger partial charge in [0.25, 0.3) is 5.69 Å². The Morgan fingerprint density at radius 2 is 2.21 bits per heavy atom. The molecule has 0 aromatic heterocycles. The molecule has 0 atom stereocenters. The summed E-state index contributed by atoms with van der Waals surface area (Å²) in [6, 6.07) is 3.76. The zero-order valence-electron chi connectivity index (χ0n) is 10.8. The minimum Gasteiger partial charge on any atom is -0.478 e. The molecule has 1 aromatic rings. The Kier molecular flexibility index (Phi) is 5.25. The van der Waals surface area contributed by atoms with Gasteiger partial charge in [-0.3, -0.25) is 10.1 Å². The van der Waals surface area contributed by atoms with Gasteiger partial charge in [0.1, 0.15) is 5.69 Å². The molecule has 0 unspecified atom stereocenters. The van der Waals surface area contributed by atoms with Crippen molar-refractivity contribution in [2.45, 2.75) is 6.42 Å². The number of carbonyl (C=O) groups is 1. The fourth-order valence-electron chi connectivity index (χ4n) is 1.68. The number of hydrogen-bond donors (Lipinski definition) is 1. The highest BCUT2D eigenvalue weighted by atomic mass is 16.6. The van der Waals surface area contributed by atoms with E-state index >= 15 is 0 Å². The Bertz CT molecular complexity index is 475. The van der Waals surface area contributed by atoms with Gasteiger partial charge in [0.15, 0.2) is 0 Å². The monoisotopic (exact) mass is 268 g/mol. The molecule has 0 heterocycles. The molecule has 1 rings (SSSR count). The van der Waals surface area contributed by atoms with E-state index in [9.17, 15) is 14.9 Å². The van der Waals surface area contributed by atoms with Gasteiger partial charge in [0, 0.05) is 33.4 Å². The van der Waals surface area contributed by atoms with E-state index in [0.29, 0.717) is 25.3 Å². The van der Waals surface area contributed by atoms with Gasteiger partial charge in [-0.15, -0.1) is 0 Å². The fraction of sp³-hybridized carbons (Fsp3) is 0.417. The predicted molar refractivity (Wildman–Crippen MR) is 69.8 cm³/mol.